The van der Waals surface area contributed by atoms with Crippen molar-refractivity contribution in [2.45, 2.75) is 0 Å². The Kier molecular flexibility index (Phi) is 4.66. The summed E-state index contributed by atoms with van der Waals surface area (Å²) in [5.74, 6) is 1.02. The highest BCUT2D eigenvalue weighted by Gasteiger charge is 2.21. The zero-order chi connectivity index (χ0) is 17.8. The first-order valence-electron chi connectivity index (χ1n) is 7.01. The van der Waals surface area contributed by atoms with Gasteiger partial charge in [-0.15, -0.1) is 10.2 Å². The lowest BCUT2D eigenvalue weighted by atomic mass is 10.2. The lowest BCUT2D eigenvalue weighted by molar-refractivity contribution is -0.391. The van der Waals surface area contributed by atoms with Gasteiger partial charge in [0, 0.05) is 0 Å². The summed E-state index contributed by atoms with van der Waals surface area (Å²) in [6.45, 7) is 0. The van der Waals surface area contributed by atoms with E-state index >= 15 is 0 Å². The van der Waals surface area contributed by atoms with Crippen LogP contribution in [0.2, 0.25) is 0 Å². The minimum atomic E-state index is -0.504. The summed E-state index contributed by atoms with van der Waals surface area (Å²) in [5, 5.41) is 23.8. The normalized spacial score (nSPS) is 11.0. The molecule has 0 bridgehead atoms. The van der Waals surface area contributed by atoms with Gasteiger partial charge in [-0.25, -0.2) is 9.55 Å². The Hall–Kier alpha value is -3.34. The zero-order valence-corrected chi connectivity index (χ0v) is 14.1. The summed E-state index contributed by atoms with van der Waals surface area (Å²) in [6, 6.07) is 7.39. The Bertz CT molecular complexity index is 917. The van der Waals surface area contributed by atoms with Crippen LogP contribution in [-0.4, -0.2) is 38.0 Å². The number of methoxy groups -OCH3 is 1. The SMILES string of the molecule is COc1ccc(/C=N\Nc2nnc(-c3ncc([N+](=O)[O-])n3C)s2)cc1. The number of rotatable bonds is 6. The number of nitro groups is 1. The molecule has 0 aliphatic heterocycles. The highest BCUT2D eigenvalue weighted by molar-refractivity contribution is 7.18. The highest BCUT2D eigenvalue weighted by atomic mass is 32.1. The van der Waals surface area contributed by atoms with E-state index in [0.717, 1.165) is 11.3 Å². The lowest BCUT2D eigenvalue weighted by Crippen LogP contribution is -1.98. The van der Waals surface area contributed by atoms with E-state index in [9.17, 15) is 10.1 Å². The van der Waals surface area contributed by atoms with Crippen molar-refractivity contribution in [1.29, 1.82) is 0 Å². The molecule has 0 saturated carbocycles. The van der Waals surface area contributed by atoms with Crippen LogP contribution in [0.1, 0.15) is 5.56 Å². The first-order chi connectivity index (χ1) is 12.1. The van der Waals surface area contributed by atoms with Crippen LogP contribution in [0.4, 0.5) is 10.9 Å². The number of nitrogens with one attached hydrogen (secondary N) is 1. The van der Waals surface area contributed by atoms with Crippen molar-refractivity contribution in [2.24, 2.45) is 12.1 Å². The molecule has 0 fully saturated rings. The number of hydrazone groups is 1. The summed E-state index contributed by atoms with van der Waals surface area (Å²) >= 11 is 1.19. The summed E-state index contributed by atoms with van der Waals surface area (Å²) in [6.07, 6.45) is 2.82. The van der Waals surface area contributed by atoms with Crippen molar-refractivity contribution in [2.75, 3.05) is 12.5 Å². The van der Waals surface area contributed by atoms with E-state index in [2.05, 4.69) is 25.7 Å². The molecule has 128 valence electrons. The zero-order valence-electron chi connectivity index (χ0n) is 13.3. The first-order valence-corrected chi connectivity index (χ1v) is 7.83. The van der Waals surface area contributed by atoms with Crippen molar-refractivity contribution in [3.63, 3.8) is 0 Å². The molecule has 3 rings (SSSR count). The van der Waals surface area contributed by atoms with Gasteiger partial charge in [-0.05, 0) is 34.8 Å². The molecule has 0 saturated heterocycles. The topological polar surface area (TPSA) is 120 Å². The Balaban J connectivity index is 1.69. The molecule has 11 heteroatoms. The van der Waals surface area contributed by atoms with Crippen LogP contribution in [-0.2, 0) is 7.05 Å². The Morgan fingerprint density at radius 2 is 2.12 bits per heavy atom. The van der Waals surface area contributed by atoms with Crippen LogP contribution < -0.4 is 10.2 Å². The van der Waals surface area contributed by atoms with Crippen molar-refractivity contribution in [3.05, 3.63) is 46.1 Å². The second-order valence-corrected chi connectivity index (χ2v) is 5.79. The van der Waals surface area contributed by atoms with Crippen molar-refractivity contribution < 1.29 is 9.66 Å². The molecule has 0 unspecified atom stereocenters. The maximum absolute atomic E-state index is 10.9. The number of aromatic nitrogens is 4. The third-order valence-electron chi connectivity index (χ3n) is 3.26. The molecule has 0 atom stereocenters. The fourth-order valence-electron chi connectivity index (χ4n) is 1.98. The second-order valence-electron chi connectivity index (χ2n) is 4.81. The first kappa shape index (κ1) is 16.5. The van der Waals surface area contributed by atoms with E-state index in [1.165, 1.54) is 22.1 Å². The number of hydrogen-bond acceptors (Lipinski definition) is 9. The predicted octanol–water partition coefficient (Wildman–Crippen LogP) is 2.30. The number of nitrogens with zero attached hydrogens (tertiary/aromatic N) is 6. The van der Waals surface area contributed by atoms with Gasteiger partial charge in [-0.2, -0.15) is 5.10 Å². The van der Waals surface area contributed by atoms with E-state index in [4.69, 9.17) is 4.74 Å². The largest absolute Gasteiger partial charge is 0.497 e. The lowest BCUT2D eigenvalue weighted by Gasteiger charge is -1.98. The smallest absolute Gasteiger partial charge is 0.342 e. The molecular formula is C14H13N7O3S. The Morgan fingerprint density at radius 1 is 1.36 bits per heavy atom. The third-order valence-corrected chi connectivity index (χ3v) is 4.08. The molecule has 0 spiro atoms. The number of benzene rings is 1. The van der Waals surface area contributed by atoms with Gasteiger partial charge < -0.3 is 14.9 Å². The van der Waals surface area contributed by atoms with Crippen LogP contribution in [0.3, 0.4) is 0 Å². The number of imidazole rings is 1. The Labute approximate surface area is 146 Å². The third kappa shape index (κ3) is 3.61. The summed E-state index contributed by atoms with van der Waals surface area (Å²) in [4.78, 5) is 14.4. The minimum absolute atomic E-state index is 0.114. The number of anilines is 1. The summed E-state index contributed by atoms with van der Waals surface area (Å²) < 4.78 is 6.44. The van der Waals surface area contributed by atoms with E-state index in [1.807, 2.05) is 24.3 Å². The van der Waals surface area contributed by atoms with Crippen LogP contribution in [0, 0.1) is 10.1 Å². The van der Waals surface area contributed by atoms with E-state index in [1.54, 1.807) is 20.4 Å². The van der Waals surface area contributed by atoms with Crippen LogP contribution >= 0.6 is 11.3 Å². The molecule has 25 heavy (non-hydrogen) atoms. The van der Waals surface area contributed by atoms with Gasteiger partial charge in [0.05, 0.1) is 20.4 Å². The summed E-state index contributed by atoms with van der Waals surface area (Å²) in [5.41, 5.74) is 3.66. The van der Waals surface area contributed by atoms with Gasteiger partial charge in [0.2, 0.25) is 10.1 Å². The fourth-order valence-corrected chi connectivity index (χ4v) is 2.71. The molecule has 1 N–H and O–H groups in total. The fraction of sp³-hybridized carbons (Fsp3) is 0.143. The highest BCUT2D eigenvalue weighted by Crippen LogP contribution is 2.27. The van der Waals surface area contributed by atoms with Gasteiger partial charge in [-0.1, -0.05) is 11.3 Å². The molecule has 0 aliphatic rings. The quantitative estimate of drug-likeness (QED) is 0.407. The molecule has 3 aromatic rings. The van der Waals surface area contributed by atoms with Crippen molar-refractivity contribution >= 4 is 28.5 Å². The molecule has 2 aromatic heterocycles. The van der Waals surface area contributed by atoms with Crippen LogP contribution in [0.25, 0.3) is 10.8 Å². The molecule has 0 amide bonds. The van der Waals surface area contributed by atoms with E-state index in [0.29, 0.717) is 16.0 Å². The van der Waals surface area contributed by atoms with Gasteiger partial charge >= 0.3 is 5.82 Å². The van der Waals surface area contributed by atoms with Gasteiger partial charge in [0.15, 0.2) is 0 Å². The number of hydrogen-bond donors (Lipinski definition) is 1. The van der Waals surface area contributed by atoms with Gasteiger partial charge in [0.1, 0.15) is 11.9 Å². The maximum Gasteiger partial charge on any atom is 0.342 e. The molecule has 10 nitrogen and oxygen atoms in total. The average molecular weight is 359 g/mol. The Morgan fingerprint density at radius 3 is 2.76 bits per heavy atom. The molecular weight excluding hydrogens is 346 g/mol. The van der Waals surface area contributed by atoms with Gasteiger partial charge in [-0.3, -0.25) is 5.43 Å². The standard InChI is InChI=1S/C14H13N7O3S/c1-20-11(21(22)23)8-15-12(20)13-17-19-14(25-13)18-16-7-9-3-5-10(24-2)6-4-9/h3-8H,1-2H3,(H,18,19)/b16-7-. The van der Waals surface area contributed by atoms with Crippen molar-refractivity contribution in [3.8, 4) is 16.6 Å². The van der Waals surface area contributed by atoms with Gasteiger partial charge in [0.25, 0.3) is 5.82 Å². The number of ether oxygens (including phenoxy) is 1. The van der Waals surface area contributed by atoms with Crippen molar-refractivity contribution in [1.82, 2.24) is 19.7 Å². The summed E-state index contributed by atoms with van der Waals surface area (Å²) in [7, 11) is 3.16. The monoisotopic (exact) mass is 359 g/mol. The van der Waals surface area contributed by atoms with E-state index in [-0.39, 0.29) is 5.82 Å². The minimum Gasteiger partial charge on any atom is -0.497 e. The molecule has 0 aliphatic carbocycles. The van der Waals surface area contributed by atoms with Crippen LogP contribution in [0.5, 0.6) is 5.75 Å². The average Bonchev–Trinajstić information content (AvgIpc) is 3.22. The molecule has 1 aromatic carbocycles. The molecule has 0 radical (unpaired) electrons. The van der Waals surface area contributed by atoms with Crippen LogP contribution in [0.15, 0.2) is 35.6 Å². The second kappa shape index (κ2) is 7.05. The predicted molar refractivity (Wildman–Crippen MR) is 93.0 cm³/mol. The molecule has 2 heterocycles. The maximum atomic E-state index is 10.9. The van der Waals surface area contributed by atoms with E-state index < -0.39 is 4.92 Å².